The van der Waals surface area contributed by atoms with E-state index in [1.54, 1.807) is 12.8 Å². The van der Waals surface area contributed by atoms with Crippen LogP contribution in [0.1, 0.15) is 53.4 Å². The molecule has 0 heterocycles. The van der Waals surface area contributed by atoms with Crippen molar-refractivity contribution in [2.24, 2.45) is 35.5 Å². The van der Waals surface area contributed by atoms with Crippen LogP contribution in [-0.4, -0.2) is 0 Å². The van der Waals surface area contributed by atoms with Crippen molar-refractivity contribution in [3.05, 3.63) is 0 Å². The van der Waals surface area contributed by atoms with Crippen molar-refractivity contribution in [2.45, 2.75) is 53.4 Å². The first-order chi connectivity index (χ1) is 6.59. The SMILES string of the molecule is CC(C)C1C[C@@H]2CC[C@H]1CC2C(C)C. The molecule has 3 saturated carbocycles. The molecule has 0 aliphatic heterocycles. The smallest absolute Gasteiger partial charge is 0.0360 e. The van der Waals surface area contributed by atoms with Crippen molar-refractivity contribution < 1.29 is 0 Å². The standard InChI is InChI=1S/C14H26/c1-9(2)13-7-12-6-5-11(13)8-14(12)10(3)4/h9-14H,5-8H2,1-4H3/t11-,12-,13?,14?/m0/s1. The summed E-state index contributed by atoms with van der Waals surface area (Å²) in [5.41, 5.74) is 0. The maximum Gasteiger partial charge on any atom is -0.0360 e. The summed E-state index contributed by atoms with van der Waals surface area (Å²) in [6, 6.07) is 0. The fraction of sp³-hybridized carbons (Fsp3) is 1.00. The Morgan fingerprint density at radius 2 is 1.07 bits per heavy atom. The minimum absolute atomic E-state index is 0.927. The van der Waals surface area contributed by atoms with Crippen molar-refractivity contribution >= 4 is 0 Å². The molecule has 2 bridgehead atoms. The van der Waals surface area contributed by atoms with Gasteiger partial charge in [-0.1, -0.05) is 27.7 Å². The van der Waals surface area contributed by atoms with Crippen LogP contribution >= 0.6 is 0 Å². The first-order valence-electron chi connectivity index (χ1n) is 6.59. The minimum atomic E-state index is 0.927. The largest absolute Gasteiger partial charge is 0.0625 e. The van der Waals surface area contributed by atoms with E-state index < -0.39 is 0 Å². The predicted octanol–water partition coefficient (Wildman–Crippen LogP) is 4.35. The molecule has 3 aliphatic carbocycles. The summed E-state index contributed by atoms with van der Waals surface area (Å²) in [5.74, 6) is 6.12. The van der Waals surface area contributed by atoms with Crippen LogP contribution in [0.5, 0.6) is 0 Å². The molecule has 3 aliphatic rings. The maximum absolute atomic E-state index is 2.43. The molecular formula is C14H26. The molecule has 0 aromatic heterocycles. The summed E-state index contributed by atoms with van der Waals surface area (Å²) in [5, 5.41) is 0. The van der Waals surface area contributed by atoms with E-state index in [4.69, 9.17) is 0 Å². The fourth-order valence-corrected chi connectivity index (χ4v) is 4.16. The van der Waals surface area contributed by atoms with E-state index in [-0.39, 0.29) is 0 Å². The third-order valence-corrected chi connectivity index (χ3v) is 4.98. The van der Waals surface area contributed by atoms with Crippen LogP contribution in [0.4, 0.5) is 0 Å². The summed E-state index contributed by atoms with van der Waals surface area (Å²) in [6.45, 7) is 9.71. The van der Waals surface area contributed by atoms with Gasteiger partial charge in [-0.15, -0.1) is 0 Å². The Labute approximate surface area is 89.5 Å². The van der Waals surface area contributed by atoms with Gasteiger partial charge in [0.2, 0.25) is 0 Å². The van der Waals surface area contributed by atoms with Crippen LogP contribution in [0, 0.1) is 35.5 Å². The van der Waals surface area contributed by atoms with Gasteiger partial charge in [-0.2, -0.15) is 0 Å². The summed E-state index contributed by atoms with van der Waals surface area (Å²) in [6.07, 6.45) is 6.17. The van der Waals surface area contributed by atoms with Gasteiger partial charge in [0.1, 0.15) is 0 Å². The predicted molar refractivity (Wildman–Crippen MR) is 62.1 cm³/mol. The van der Waals surface area contributed by atoms with Crippen molar-refractivity contribution in [1.82, 2.24) is 0 Å². The lowest BCUT2D eigenvalue weighted by Gasteiger charge is -2.50. The summed E-state index contributed by atoms with van der Waals surface area (Å²) in [4.78, 5) is 0. The molecule has 14 heavy (non-hydrogen) atoms. The lowest BCUT2D eigenvalue weighted by Crippen LogP contribution is -2.41. The molecule has 0 heteroatoms. The van der Waals surface area contributed by atoms with E-state index in [0.29, 0.717) is 0 Å². The summed E-state index contributed by atoms with van der Waals surface area (Å²) in [7, 11) is 0. The second-order valence-corrected chi connectivity index (χ2v) is 6.38. The summed E-state index contributed by atoms with van der Waals surface area (Å²) >= 11 is 0. The molecule has 0 saturated heterocycles. The fourth-order valence-electron chi connectivity index (χ4n) is 4.16. The average Bonchev–Trinajstić information content (AvgIpc) is 2.18. The van der Waals surface area contributed by atoms with Gasteiger partial charge in [-0.3, -0.25) is 0 Å². The highest BCUT2D eigenvalue weighted by molar-refractivity contribution is 4.93. The van der Waals surface area contributed by atoms with Gasteiger partial charge in [0.15, 0.2) is 0 Å². The molecule has 2 unspecified atom stereocenters. The van der Waals surface area contributed by atoms with Gasteiger partial charge in [-0.25, -0.2) is 0 Å². The molecule has 0 amide bonds. The van der Waals surface area contributed by atoms with Crippen LogP contribution in [0.2, 0.25) is 0 Å². The zero-order valence-electron chi connectivity index (χ0n) is 10.3. The Hall–Kier alpha value is 0. The lowest BCUT2D eigenvalue weighted by atomic mass is 9.55. The zero-order valence-corrected chi connectivity index (χ0v) is 10.3. The Balaban J connectivity index is 2.05. The number of hydrogen-bond acceptors (Lipinski definition) is 0. The van der Waals surface area contributed by atoms with Crippen molar-refractivity contribution in [3.8, 4) is 0 Å². The lowest BCUT2D eigenvalue weighted by molar-refractivity contribution is -0.00132. The molecule has 3 rings (SSSR count). The van der Waals surface area contributed by atoms with Gasteiger partial charge >= 0.3 is 0 Å². The Morgan fingerprint density at radius 1 is 0.714 bits per heavy atom. The van der Waals surface area contributed by atoms with Gasteiger partial charge < -0.3 is 0 Å². The van der Waals surface area contributed by atoms with Crippen molar-refractivity contribution in [2.75, 3.05) is 0 Å². The molecule has 0 radical (unpaired) electrons. The summed E-state index contributed by atoms with van der Waals surface area (Å²) < 4.78 is 0. The molecule has 0 aromatic rings. The molecule has 0 aromatic carbocycles. The highest BCUT2D eigenvalue weighted by atomic mass is 14.5. The second kappa shape index (κ2) is 3.87. The van der Waals surface area contributed by atoms with E-state index in [1.807, 2.05) is 0 Å². The molecule has 3 fully saturated rings. The van der Waals surface area contributed by atoms with E-state index in [1.165, 1.54) is 12.8 Å². The molecule has 0 spiro atoms. The minimum Gasteiger partial charge on any atom is -0.0625 e. The van der Waals surface area contributed by atoms with Crippen LogP contribution in [0.15, 0.2) is 0 Å². The quantitative estimate of drug-likeness (QED) is 0.613. The van der Waals surface area contributed by atoms with E-state index in [0.717, 1.165) is 35.5 Å². The average molecular weight is 194 g/mol. The van der Waals surface area contributed by atoms with Crippen LogP contribution in [0.25, 0.3) is 0 Å². The molecular weight excluding hydrogens is 168 g/mol. The second-order valence-electron chi connectivity index (χ2n) is 6.38. The first-order valence-corrected chi connectivity index (χ1v) is 6.59. The molecule has 0 N–H and O–H groups in total. The monoisotopic (exact) mass is 194 g/mol. The van der Waals surface area contributed by atoms with Gasteiger partial charge in [0, 0.05) is 0 Å². The molecule has 82 valence electrons. The Bertz CT molecular complexity index is 170. The highest BCUT2D eigenvalue weighted by Crippen LogP contribution is 2.52. The third kappa shape index (κ3) is 1.73. The Kier molecular flexibility index (Phi) is 2.91. The zero-order chi connectivity index (χ0) is 10.3. The van der Waals surface area contributed by atoms with Crippen molar-refractivity contribution in [1.29, 1.82) is 0 Å². The number of hydrogen-bond donors (Lipinski definition) is 0. The topological polar surface area (TPSA) is 0 Å². The molecule has 0 nitrogen and oxygen atoms in total. The molecule has 4 atom stereocenters. The van der Waals surface area contributed by atoms with Crippen LogP contribution in [0.3, 0.4) is 0 Å². The van der Waals surface area contributed by atoms with E-state index in [2.05, 4.69) is 27.7 Å². The third-order valence-electron chi connectivity index (χ3n) is 4.98. The van der Waals surface area contributed by atoms with E-state index >= 15 is 0 Å². The normalized spacial score (nSPS) is 42.4. The van der Waals surface area contributed by atoms with E-state index in [9.17, 15) is 0 Å². The van der Waals surface area contributed by atoms with Gasteiger partial charge in [-0.05, 0) is 61.2 Å². The number of fused-ring (bicyclic) bond motifs is 3. The van der Waals surface area contributed by atoms with Crippen molar-refractivity contribution in [3.63, 3.8) is 0 Å². The van der Waals surface area contributed by atoms with Gasteiger partial charge in [0.25, 0.3) is 0 Å². The van der Waals surface area contributed by atoms with Crippen LogP contribution < -0.4 is 0 Å². The highest BCUT2D eigenvalue weighted by Gasteiger charge is 2.43. The van der Waals surface area contributed by atoms with Gasteiger partial charge in [0.05, 0.1) is 0 Å². The first kappa shape index (κ1) is 10.5. The number of rotatable bonds is 2. The maximum atomic E-state index is 2.43. The van der Waals surface area contributed by atoms with Crippen LogP contribution in [-0.2, 0) is 0 Å². The Morgan fingerprint density at radius 3 is 1.29 bits per heavy atom.